The minimum absolute atomic E-state index is 0.217. The van der Waals surface area contributed by atoms with Crippen LogP contribution >= 0.6 is 11.3 Å². The van der Waals surface area contributed by atoms with Crippen molar-refractivity contribution in [2.24, 2.45) is 5.92 Å². The number of carbonyl (C=O) groups excluding carboxylic acids is 1. The number of carbonyl (C=O) groups is 1. The number of thiazole rings is 1. The van der Waals surface area contributed by atoms with Gasteiger partial charge in [-0.1, -0.05) is 20.8 Å². The number of nitrogens with zero attached hydrogens (tertiary/aromatic N) is 1. The van der Waals surface area contributed by atoms with Gasteiger partial charge in [0.1, 0.15) is 0 Å². The van der Waals surface area contributed by atoms with Gasteiger partial charge in [-0.05, 0) is 19.3 Å². The number of esters is 1. The van der Waals surface area contributed by atoms with Crippen molar-refractivity contribution in [2.45, 2.75) is 46.6 Å². The van der Waals surface area contributed by atoms with Gasteiger partial charge in [-0.2, -0.15) is 0 Å². The Labute approximate surface area is 113 Å². The molecule has 5 heteroatoms. The van der Waals surface area contributed by atoms with Crippen LogP contribution in [-0.4, -0.2) is 23.6 Å². The van der Waals surface area contributed by atoms with Gasteiger partial charge in [0.15, 0.2) is 5.13 Å². The molecule has 0 fully saturated rings. The van der Waals surface area contributed by atoms with Gasteiger partial charge < -0.3 is 10.1 Å². The third kappa shape index (κ3) is 4.64. The number of ether oxygens (including phenoxy) is 1. The van der Waals surface area contributed by atoms with Crippen molar-refractivity contribution >= 4 is 22.4 Å². The molecule has 1 aromatic rings. The zero-order chi connectivity index (χ0) is 13.5. The van der Waals surface area contributed by atoms with E-state index >= 15 is 0 Å². The van der Waals surface area contributed by atoms with Crippen molar-refractivity contribution in [3.63, 3.8) is 0 Å². The van der Waals surface area contributed by atoms with Crippen molar-refractivity contribution < 1.29 is 9.53 Å². The van der Waals surface area contributed by atoms with Gasteiger partial charge in [-0.3, -0.25) is 4.79 Å². The van der Waals surface area contributed by atoms with Gasteiger partial charge >= 0.3 is 5.97 Å². The summed E-state index contributed by atoms with van der Waals surface area (Å²) in [7, 11) is 0. The van der Waals surface area contributed by atoms with Crippen molar-refractivity contribution in [3.05, 3.63) is 11.1 Å². The normalized spacial score (nSPS) is 12.5. The SMILES string of the molecule is CCOC(=O)Cc1csc(NC(CC)C(C)C)n1. The van der Waals surface area contributed by atoms with Gasteiger partial charge in [-0.15, -0.1) is 11.3 Å². The fourth-order valence-corrected chi connectivity index (χ4v) is 2.49. The molecule has 0 aliphatic heterocycles. The molecule has 0 saturated carbocycles. The van der Waals surface area contributed by atoms with Gasteiger partial charge in [-0.25, -0.2) is 4.98 Å². The second-order valence-electron chi connectivity index (χ2n) is 4.53. The van der Waals surface area contributed by atoms with Crippen LogP contribution in [-0.2, 0) is 16.0 Å². The maximum atomic E-state index is 11.3. The third-order valence-electron chi connectivity index (χ3n) is 2.74. The van der Waals surface area contributed by atoms with Gasteiger partial charge in [0.2, 0.25) is 0 Å². The van der Waals surface area contributed by atoms with E-state index in [4.69, 9.17) is 4.74 Å². The fraction of sp³-hybridized carbons (Fsp3) is 0.692. The maximum absolute atomic E-state index is 11.3. The first kappa shape index (κ1) is 15.0. The van der Waals surface area contributed by atoms with Crippen molar-refractivity contribution in [1.29, 1.82) is 0 Å². The zero-order valence-electron chi connectivity index (χ0n) is 11.5. The number of aromatic nitrogens is 1. The Morgan fingerprint density at radius 2 is 2.22 bits per heavy atom. The molecular weight excluding hydrogens is 248 g/mol. The Bertz CT molecular complexity index is 377. The lowest BCUT2D eigenvalue weighted by atomic mass is 10.0. The van der Waals surface area contributed by atoms with Crippen LogP contribution in [0.15, 0.2) is 5.38 Å². The molecule has 0 aromatic carbocycles. The average molecular weight is 270 g/mol. The second kappa shape index (κ2) is 7.36. The Balaban J connectivity index is 2.55. The highest BCUT2D eigenvalue weighted by atomic mass is 32.1. The summed E-state index contributed by atoms with van der Waals surface area (Å²) in [6.07, 6.45) is 1.31. The summed E-state index contributed by atoms with van der Waals surface area (Å²) in [6.45, 7) is 8.76. The minimum Gasteiger partial charge on any atom is -0.466 e. The highest BCUT2D eigenvalue weighted by Gasteiger charge is 2.13. The zero-order valence-corrected chi connectivity index (χ0v) is 12.3. The van der Waals surface area contributed by atoms with Crippen molar-refractivity contribution in [2.75, 3.05) is 11.9 Å². The Hall–Kier alpha value is -1.10. The van der Waals surface area contributed by atoms with Crippen LogP contribution in [0.4, 0.5) is 5.13 Å². The first-order valence-corrected chi connectivity index (χ1v) is 7.31. The summed E-state index contributed by atoms with van der Waals surface area (Å²) in [6, 6.07) is 0.423. The molecule has 102 valence electrons. The lowest BCUT2D eigenvalue weighted by Gasteiger charge is -2.19. The summed E-state index contributed by atoms with van der Waals surface area (Å²) in [5.41, 5.74) is 0.777. The average Bonchev–Trinajstić information content (AvgIpc) is 2.73. The highest BCUT2D eigenvalue weighted by Crippen LogP contribution is 2.20. The number of nitrogens with one attached hydrogen (secondary N) is 1. The molecular formula is C13H22N2O2S. The molecule has 1 heterocycles. The molecule has 0 bridgehead atoms. The van der Waals surface area contributed by atoms with Gasteiger partial charge in [0.25, 0.3) is 0 Å². The lowest BCUT2D eigenvalue weighted by molar-refractivity contribution is -0.142. The van der Waals surface area contributed by atoms with E-state index in [9.17, 15) is 4.79 Å². The fourth-order valence-electron chi connectivity index (χ4n) is 1.71. The minimum atomic E-state index is -0.217. The molecule has 1 N–H and O–H groups in total. The monoisotopic (exact) mass is 270 g/mol. The van der Waals surface area contributed by atoms with Crippen LogP contribution in [0, 0.1) is 5.92 Å². The summed E-state index contributed by atoms with van der Waals surface area (Å²) in [5.74, 6) is 0.345. The molecule has 0 saturated heterocycles. The van der Waals surface area contributed by atoms with E-state index in [2.05, 4.69) is 31.1 Å². The molecule has 1 atom stereocenters. The van der Waals surface area contributed by atoms with Crippen LogP contribution in [0.2, 0.25) is 0 Å². The molecule has 1 unspecified atom stereocenters. The summed E-state index contributed by atoms with van der Waals surface area (Å²) < 4.78 is 4.90. The molecule has 1 rings (SSSR count). The predicted molar refractivity (Wildman–Crippen MR) is 75.0 cm³/mol. The molecule has 1 aromatic heterocycles. The van der Waals surface area contributed by atoms with Gasteiger partial charge in [0.05, 0.1) is 18.7 Å². The molecule has 0 amide bonds. The predicted octanol–water partition coefficient (Wildman–Crippen LogP) is 3.10. The van der Waals surface area contributed by atoms with E-state index in [1.807, 2.05) is 5.38 Å². The molecule has 0 spiro atoms. The van der Waals surface area contributed by atoms with Crippen molar-refractivity contribution in [3.8, 4) is 0 Å². The first-order valence-electron chi connectivity index (χ1n) is 6.43. The van der Waals surface area contributed by atoms with E-state index in [0.717, 1.165) is 17.2 Å². The largest absolute Gasteiger partial charge is 0.466 e. The standard InChI is InChI=1S/C13H22N2O2S/c1-5-11(9(3)4)15-13-14-10(8-18-13)7-12(16)17-6-2/h8-9,11H,5-7H2,1-4H3,(H,14,15). The number of hydrogen-bond donors (Lipinski definition) is 1. The maximum Gasteiger partial charge on any atom is 0.311 e. The quantitative estimate of drug-likeness (QED) is 0.774. The van der Waals surface area contributed by atoms with E-state index in [1.54, 1.807) is 18.3 Å². The smallest absolute Gasteiger partial charge is 0.311 e. The molecule has 0 radical (unpaired) electrons. The Morgan fingerprint density at radius 1 is 1.50 bits per heavy atom. The number of rotatable bonds is 7. The molecule has 4 nitrogen and oxygen atoms in total. The van der Waals surface area contributed by atoms with Crippen molar-refractivity contribution in [1.82, 2.24) is 4.98 Å². The first-order chi connectivity index (χ1) is 8.56. The summed E-state index contributed by atoms with van der Waals surface area (Å²) >= 11 is 1.54. The number of hydrogen-bond acceptors (Lipinski definition) is 5. The molecule has 0 aliphatic carbocycles. The Morgan fingerprint density at radius 3 is 2.78 bits per heavy atom. The number of anilines is 1. The van der Waals surface area contributed by atoms with Crippen LogP contribution in [0.3, 0.4) is 0 Å². The summed E-state index contributed by atoms with van der Waals surface area (Å²) in [4.78, 5) is 15.7. The van der Waals surface area contributed by atoms with Crippen LogP contribution in [0.25, 0.3) is 0 Å². The van der Waals surface area contributed by atoms with Crippen LogP contribution < -0.4 is 5.32 Å². The van der Waals surface area contributed by atoms with Crippen LogP contribution in [0.1, 0.15) is 39.8 Å². The Kier molecular flexibility index (Phi) is 6.12. The van der Waals surface area contributed by atoms with E-state index in [0.29, 0.717) is 18.6 Å². The molecule has 18 heavy (non-hydrogen) atoms. The summed E-state index contributed by atoms with van der Waals surface area (Å²) in [5, 5.41) is 6.20. The molecule has 0 aliphatic rings. The second-order valence-corrected chi connectivity index (χ2v) is 5.39. The third-order valence-corrected chi connectivity index (χ3v) is 3.56. The van der Waals surface area contributed by atoms with Crippen LogP contribution in [0.5, 0.6) is 0 Å². The topological polar surface area (TPSA) is 51.2 Å². The highest BCUT2D eigenvalue weighted by molar-refractivity contribution is 7.13. The lowest BCUT2D eigenvalue weighted by Crippen LogP contribution is -2.24. The van der Waals surface area contributed by atoms with E-state index in [1.165, 1.54) is 0 Å². The van der Waals surface area contributed by atoms with Gasteiger partial charge in [0, 0.05) is 11.4 Å². The van der Waals surface area contributed by atoms with E-state index < -0.39 is 0 Å². The van der Waals surface area contributed by atoms with E-state index in [-0.39, 0.29) is 12.4 Å².